The Morgan fingerprint density at radius 2 is 1.66 bits per heavy atom. The first-order valence-corrected chi connectivity index (χ1v) is 15.8. The Bertz CT molecular complexity index is 1060. The second kappa shape index (κ2) is 12.6. The maximum atomic E-state index is 12.2. The third kappa shape index (κ3) is 6.76. The number of hydrogen-bond donors (Lipinski definition) is 0. The number of fused-ring (bicyclic) bond motifs is 1. The molecule has 5 atom stereocenters. The van der Waals surface area contributed by atoms with Crippen LogP contribution in [0.15, 0.2) is 60.7 Å². The maximum absolute atomic E-state index is 12.2. The molecule has 2 aliphatic rings. The van der Waals surface area contributed by atoms with Crippen LogP contribution in [0.2, 0.25) is 5.04 Å². The molecule has 2 heterocycles. The quantitative estimate of drug-likeness (QED) is 0.275. The Labute approximate surface area is 229 Å². The van der Waals surface area contributed by atoms with Gasteiger partial charge < -0.3 is 18.6 Å². The van der Waals surface area contributed by atoms with Gasteiger partial charge in [-0.15, -0.1) is 0 Å². The maximum Gasteiger partial charge on any atom is 0.302 e. The van der Waals surface area contributed by atoms with Crippen molar-refractivity contribution in [2.75, 3.05) is 13.2 Å². The summed E-state index contributed by atoms with van der Waals surface area (Å²) in [5, 5.41) is 2.21. The van der Waals surface area contributed by atoms with Gasteiger partial charge in [0.2, 0.25) is 0 Å². The fourth-order valence-corrected chi connectivity index (χ4v) is 10.4. The smallest absolute Gasteiger partial charge is 0.302 e. The molecule has 204 valence electrons. The van der Waals surface area contributed by atoms with Crippen LogP contribution >= 0.6 is 0 Å². The minimum atomic E-state index is -2.77. The molecule has 0 radical (unpaired) electrons. The normalized spacial score (nSPS) is 24.7. The third-order valence-electron chi connectivity index (χ3n) is 7.51. The summed E-state index contributed by atoms with van der Waals surface area (Å²) in [6.45, 7) is 11.4. The molecule has 0 N–H and O–H groups in total. The SMILES string of the molecule is CC(=O)O[C@H](CO[Si](c1ccccc1)(c1ccccc1)C(C)(C)C)C[C@@H]1C#C[C@H](C)C[C@H]2OCCC[C@@H]2O1. The van der Waals surface area contributed by atoms with E-state index in [1.165, 1.54) is 17.3 Å². The van der Waals surface area contributed by atoms with Crippen molar-refractivity contribution < 1.29 is 23.4 Å². The van der Waals surface area contributed by atoms with E-state index in [0.717, 1.165) is 25.9 Å². The highest BCUT2D eigenvalue weighted by molar-refractivity contribution is 6.99. The standard InChI is InChI=1S/C32H42O5Si/c1-24-18-19-26(37-30-17-12-20-34-31(30)21-24)22-27(36-25(2)33)23-35-38(32(3,4)5,28-13-8-6-9-14-28)29-15-10-7-11-16-29/h6-11,13-16,24,26-27,30-31H,12,17,20-23H2,1-5H3/t24-,26-,27-,30-,31+/m0/s1. The van der Waals surface area contributed by atoms with Crippen molar-refractivity contribution in [1.29, 1.82) is 0 Å². The number of carbonyl (C=O) groups is 1. The van der Waals surface area contributed by atoms with Gasteiger partial charge >= 0.3 is 5.97 Å². The zero-order valence-electron chi connectivity index (χ0n) is 23.4. The average molecular weight is 535 g/mol. The molecular weight excluding hydrogens is 492 g/mol. The Hall–Kier alpha value is -2.43. The lowest BCUT2D eigenvalue weighted by Crippen LogP contribution is -2.67. The number of ether oxygens (including phenoxy) is 3. The van der Waals surface area contributed by atoms with Crippen molar-refractivity contribution in [3.63, 3.8) is 0 Å². The molecule has 0 saturated carbocycles. The fraction of sp³-hybridized carbons (Fsp3) is 0.531. The van der Waals surface area contributed by atoms with Gasteiger partial charge in [0, 0.05) is 25.9 Å². The predicted octanol–water partition coefficient (Wildman–Crippen LogP) is 4.86. The third-order valence-corrected chi connectivity index (χ3v) is 12.5. The van der Waals surface area contributed by atoms with E-state index < -0.39 is 14.4 Å². The van der Waals surface area contributed by atoms with Crippen LogP contribution in [-0.4, -0.2) is 51.9 Å². The zero-order valence-corrected chi connectivity index (χ0v) is 24.4. The highest BCUT2D eigenvalue weighted by Gasteiger charge is 2.50. The molecule has 0 unspecified atom stereocenters. The van der Waals surface area contributed by atoms with Crippen molar-refractivity contribution in [1.82, 2.24) is 0 Å². The molecule has 2 aromatic rings. The molecule has 5 nitrogen and oxygen atoms in total. The molecule has 0 bridgehead atoms. The van der Waals surface area contributed by atoms with Gasteiger partial charge in [0.05, 0.1) is 18.8 Å². The summed E-state index contributed by atoms with van der Waals surface area (Å²) >= 11 is 0. The lowest BCUT2D eigenvalue weighted by molar-refractivity contribution is -0.154. The number of esters is 1. The van der Waals surface area contributed by atoms with Crippen LogP contribution in [0.1, 0.15) is 60.3 Å². The fourth-order valence-electron chi connectivity index (χ4n) is 5.79. The van der Waals surface area contributed by atoms with Crippen LogP contribution in [-0.2, 0) is 23.4 Å². The second-order valence-corrected chi connectivity index (χ2v) is 15.9. The van der Waals surface area contributed by atoms with E-state index in [-0.39, 0.29) is 41.8 Å². The van der Waals surface area contributed by atoms with E-state index in [1.807, 2.05) is 12.1 Å². The van der Waals surface area contributed by atoms with Crippen LogP contribution in [0.4, 0.5) is 0 Å². The highest BCUT2D eigenvalue weighted by Crippen LogP contribution is 2.37. The number of benzene rings is 2. The highest BCUT2D eigenvalue weighted by atomic mass is 28.4. The average Bonchev–Trinajstić information content (AvgIpc) is 2.88. The first-order chi connectivity index (χ1) is 18.2. The summed E-state index contributed by atoms with van der Waals surface area (Å²) in [5.74, 6) is 6.58. The zero-order chi connectivity index (χ0) is 27.2. The van der Waals surface area contributed by atoms with Gasteiger partial charge in [-0.25, -0.2) is 0 Å². The van der Waals surface area contributed by atoms with Gasteiger partial charge in [-0.05, 0) is 34.7 Å². The Balaban J connectivity index is 1.63. The van der Waals surface area contributed by atoms with Gasteiger partial charge in [0.1, 0.15) is 12.2 Å². The summed E-state index contributed by atoms with van der Waals surface area (Å²) in [5.41, 5.74) is 0. The molecule has 2 aliphatic heterocycles. The Morgan fingerprint density at radius 3 is 2.24 bits per heavy atom. The molecule has 1 fully saturated rings. The van der Waals surface area contributed by atoms with Crippen molar-refractivity contribution >= 4 is 24.7 Å². The van der Waals surface area contributed by atoms with E-state index in [4.69, 9.17) is 18.6 Å². The molecule has 4 rings (SSSR count). The van der Waals surface area contributed by atoms with Gasteiger partial charge in [-0.2, -0.15) is 0 Å². The molecule has 0 aromatic heterocycles. The van der Waals surface area contributed by atoms with Crippen LogP contribution in [0.5, 0.6) is 0 Å². The molecule has 6 heteroatoms. The molecule has 0 spiro atoms. The molecule has 0 aliphatic carbocycles. The summed E-state index contributed by atoms with van der Waals surface area (Å²) in [7, 11) is -2.77. The number of rotatable bonds is 8. The van der Waals surface area contributed by atoms with Crippen LogP contribution < -0.4 is 10.4 Å². The van der Waals surface area contributed by atoms with E-state index >= 15 is 0 Å². The summed E-state index contributed by atoms with van der Waals surface area (Å²) in [4.78, 5) is 12.2. The molecule has 38 heavy (non-hydrogen) atoms. The van der Waals surface area contributed by atoms with Crippen molar-refractivity contribution in [3.05, 3.63) is 60.7 Å². The molecular formula is C32H42O5Si. The lowest BCUT2D eigenvalue weighted by atomic mass is 9.94. The lowest BCUT2D eigenvalue weighted by Gasteiger charge is -2.43. The minimum absolute atomic E-state index is 0.0152. The van der Waals surface area contributed by atoms with Crippen molar-refractivity contribution in [3.8, 4) is 11.8 Å². The molecule has 0 amide bonds. The van der Waals surface area contributed by atoms with Gasteiger partial charge in [0.15, 0.2) is 0 Å². The van der Waals surface area contributed by atoms with Crippen LogP contribution in [0.3, 0.4) is 0 Å². The molecule has 1 saturated heterocycles. The van der Waals surface area contributed by atoms with E-state index in [0.29, 0.717) is 6.42 Å². The number of hydrogen-bond acceptors (Lipinski definition) is 5. The topological polar surface area (TPSA) is 54.0 Å². The predicted molar refractivity (Wildman–Crippen MR) is 153 cm³/mol. The summed E-state index contributed by atoms with van der Waals surface area (Å²) in [6, 6.07) is 21.0. The van der Waals surface area contributed by atoms with Crippen molar-refractivity contribution in [2.24, 2.45) is 5.92 Å². The molecule has 2 aromatic carbocycles. The van der Waals surface area contributed by atoms with Crippen LogP contribution in [0.25, 0.3) is 0 Å². The van der Waals surface area contributed by atoms with Crippen molar-refractivity contribution in [2.45, 2.75) is 89.8 Å². The largest absolute Gasteiger partial charge is 0.460 e. The van der Waals surface area contributed by atoms with E-state index in [2.05, 4.69) is 88.1 Å². The first kappa shape index (κ1) is 28.6. The summed E-state index contributed by atoms with van der Waals surface area (Å²) in [6.07, 6.45) is 2.55. The van der Waals surface area contributed by atoms with Gasteiger partial charge in [-0.3, -0.25) is 4.79 Å². The van der Waals surface area contributed by atoms with E-state index in [9.17, 15) is 4.79 Å². The number of carbonyl (C=O) groups excluding carboxylic acids is 1. The Kier molecular flexibility index (Phi) is 9.48. The Morgan fingerprint density at radius 1 is 1.03 bits per heavy atom. The van der Waals surface area contributed by atoms with Gasteiger partial charge in [0.25, 0.3) is 8.32 Å². The monoisotopic (exact) mass is 534 g/mol. The minimum Gasteiger partial charge on any atom is -0.460 e. The summed E-state index contributed by atoms with van der Waals surface area (Å²) < 4.78 is 25.5. The van der Waals surface area contributed by atoms with E-state index in [1.54, 1.807) is 0 Å². The van der Waals surface area contributed by atoms with Gasteiger partial charge in [-0.1, -0.05) is 100 Å². The first-order valence-electron chi connectivity index (χ1n) is 13.9. The van der Waals surface area contributed by atoms with Crippen LogP contribution in [0, 0.1) is 17.8 Å². The second-order valence-electron chi connectivity index (χ2n) is 11.6.